The van der Waals surface area contributed by atoms with Crippen molar-refractivity contribution in [1.29, 1.82) is 0 Å². The molecule has 6 heteroatoms. The fourth-order valence-electron chi connectivity index (χ4n) is 2.02. The minimum absolute atomic E-state index is 0.0554. The SMILES string of the molecule is CCNC(Cc1cc(Cl)ccc1OC)c1ncn[nH]1. The number of aromatic nitrogens is 3. The summed E-state index contributed by atoms with van der Waals surface area (Å²) in [6, 6.07) is 5.67. The van der Waals surface area contributed by atoms with Gasteiger partial charge in [0.05, 0.1) is 13.2 Å². The molecule has 0 radical (unpaired) electrons. The van der Waals surface area contributed by atoms with E-state index in [9.17, 15) is 0 Å². The fourth-order valence-corrected chi connectivity index (χ4v) is 2.22. The van der Waals surface area contributed by atoms with Crippen LogP contribution in [0.15, 0.2) is 24.5 Å². The lowest BCUT2D eigenvalue weighted by atomic mass is 10.0. The molecule has 0 aliphatic rings. The van der Waals surface area contributed by atoms with E-state index in [0.717, 1.165) is 30.1 Å². The van der Waals surface area contributed by atoms with Gasteiger partial charge in [0.2, 0.25) is 0 Å². The molecule has 0 saturated heterocycles. The summed E-state index contributed by atoms with van der Waals surface area (Å²) in [4.78, 5) is 4.21. The molecule has 0 bridgehead atoms. The molecule has 19 heavy (non-hydrogen) atoms. The van der Waals surface area contributed by atoms with Crippen molar-refractivity contribution in [3.8, 4) is 5.75 Å². The second kappa shape index (κ2) is 6.54. The molecule has 1 heterocycles. The molecular formula is C13H17ClN4O. The average Bonchev–Trinajstić information content (AvgIpc) is 2.92. The van der Waals surface area contributed by atoms with Crippen LogP contribution in [0.4, 0.5) is 0 Å². The Bertz CT molecular complexity index is 515. The van der Waals surface area contributed by atoms with Gasteiger partial charge in [-0.1, -0.05) is 18.5 Å². The van der Waals surface area contributed by atoms with E-state index in [1.54, 1.807) is 7.11 Å². The van der Waals surface area contributed by atoms with Gasteiger partial charge in [0.1, 0.15) is 17.9 Å². The van der Waals surface area contributed by atoms with Gasteiger partial charge >= 0.3 is 0 Å². The highest BCUT2D eigenvalue weighted by molar-refractivity contribution is 6.30. The quantitative estimate of drug-likeness (QED) is 0.853. The van der Waals surface area contributed by atoms with Crippen LogP contribution in [-0.4, -0.2) is 28.8 Å². The van der Waals surface area contributed by atoms with Gasteiger partial charge < -0.3 is 10.1 Å². The van der Waals surface area contributed by atoms with Crippen molar-refractivity contribution in [2.45, 2.75) is 19.4 Å². The van der Waals surface area contributed by atoms with Gasteiger partial charge in [-0.3, -0.25) is 5.10 Å². The second-order valence-corrected chi connectivity index (χ2v) is 4.58. The monoisotopic (exact) mass is 280 g/mol. The number of rotatable bonds is 6. The van der Waals surface area contributed by atoms with E-state index in [1.807, 2.05) is 18.2 Å². The average molecular weight is 281 g/mol. The number of hydrogen-bond acceptors (Lipinski definition) is 4. The summed E-state index contributed by atoms with van der Waals surface area (Å²) < 4.78 is 5.36. The highest BCUT2D eigenvalue weighted by Gasteiger charge is 2.16. The molecular weight excluding hydrogens is 264 g/mol. The Labute approximate surface area is 117 Å². The molecule has 1 atom stereocenters. The predicted octanol–water partition coefficient (Wildman–Crippen LogP) is 2.36. The number of nitrogens with zero attached hydrogens (tertiary/aromatic N) is 2. The van der Waals surface area contributed by atoms with Crippen LogP contribution in [0.2, 0.25) is 5.02 Å². The number of hydrogen-bond donors (Lipinski definition) is 2. The summed E-state index contributed by atoms with van der Waals surface area (Å²) in [7, 11) is 1.66. The van der Waals surface area contributed by atoms with Crippen molar-refractivity contribution in [3.63, 3.8) is 0 Å². The summed E-state index contributed by atoms with van der Waals surface area (Å²) in [5.74, 6) is 1.63. The highest BCUT2D eigenvalue weighted by atomic mass is 35.5. The smallest absolute Gasteiger partial charge is 0.141 e. The zero-order valence-electron chi connectivity index (χ0n) is 11.0. The lowest BCUT2D eigenvalue weighted by molar-refractivity contribution is 0.404. The number of likely N-dealkylation sites (N-methyl/N-ethyl adjacent to an activating group) is 1. The first kappa shape index (κ1) is 13.8. The first-order valence-electron chi connectivity index (χ1n) is 6.15. The number of aromatic amines is 1. The van der Waals surface area contributed by atoms with Crippen LogP contribution < -0.4 is 10.1 Å². The Kier molecular flexibility index (Phi) is 4.76. The molecule has 0 saturated carbocycles. The number of ether oxygens (including phenoxy) is 1. The summed E-state index contributed by atoms with van der Waals surface area (Å²) >= 11 is 6.05. The van der Waals surface area contributed by atoms with Crippen LogP contribution in [0.25, 0.3) is 0 Å². The van der Waals surface area contributed by atoms with E-state index in [-0.39, 0.29) is 6.04 Å². The van der Waals surface area contributed by atoms with Crippen molar-refractivity contribution in [2.24, 2.45) is 0 Å². The van der Waals surface area contributed by atoms with E-state index in [2.05, 4.69) is 27.4 Å². The Morgan fingerprint density at radius 3 is 2.95 bits per heavy atom. The van der Waals surface area contributed by atoms with Gasteiger partial charge in [0.25, 0.3) is 0 Å². The second-order valence-electron chi connectivity index (χ2n) is 4.14. The Balaban J connectivity index is 2.24. The number of nitrogens with one attached hydrogen (secondary N) is 2. The van der Waals surface area contributed by atoms with Crippen molar-refractivity contribution in [3.05, 3.63) is 40.9 Å². The first-order chi connectivity index (χ1) is 9.24. The molecule has 0 aliphatic carbocycles. The molecule has 5 nitrogen and oxygen atoms in total. The lowest BCUT2D eigenvalue weighted by Gasteiger charge is -2.17. The molecule has 1 unspecified atom stereocenters. The maximum Gasteiger partial charge on any atom is 0.141 e. The molecule has 1 aromatic carbocycles. The molecule has 0 fully saturated rings. The zero-order valence-corrected chi connectivity index (χ0v) is 11.7. The van der Waals surface area contributed by atoms with E-state index in [4.69, 9.17) is 16.3 Å². The number of H-pyrrole nitrogens is 1. The molecule has 0 amide bonds. The standard InChI is InChI=1S/C13H17ClN4O/c1-3-15-11(13-16-8-17-18-13)7-9-6-10(14)4-5-12(9)19-2/h4-6,8,11,15H,3,7H2,1-2H3,(H,16,17,18). The Hall–Kier alpha value is -1.59. The van der Waals surface area contributed by atoms with Crippen LogP contribution in [0.3, 0.4) is 0 Å². The molecule has 1 aromatic heterocycles. The maximum absolute atomic E-state index is 6.05. The predicted molar refractivity (Wildman–Crippen MR) is 74.5 cm³/mol. The zero-order chi connectivity index (χ0) is 13.7. The summed E-state index contributed by atoms with van der Waals surface area (Å²) in [5.41, 5.74) is 1.04. The highest BCUT2D eigenvalue weighted by Crippen LogP contribution is 2.26. The Morgan fingerprint density at radius 1 is 1.47 bits per heavy atom. The van der Waals surface area contributed by atoms with Crippen molar-refractivity contribution in [2.75, 3.05) is 13.7 Å². The molecule has 2 aromatic rings. The molecule has 0 aliphatic heterocycles. The van der Waals surface area contributed by atoms with Crippen molar-refractivity contribution < 1.29 is 4.74 Å². The largest absolute Gasteiger partial charge is 0.496 e. The van der Waals surface area contributed by atoms with Crippen LogP contribution in [0.1, 0.15) is 24.4 Å². The molecule has 2 N–H and O–H groups in total. The summed E-state index contributed by atoms with van der Waals surface area (Å²) in [6.07, 6.45) is 2.24. The third-order valence-corrected chi connectivity index (χ3v) is 3.12. The van der Waals surface area contributed by atoms with Crippen molar-refractivity contribution in [1.82, 2.24) is 20.5 Å². The fraction of sp³-hybridized carbons (Fsp3) is 0.385. The number of halogens is 1. The normalized spacial score (nSPS) is 12.4. The minimum Gasteiger partial charge on any atom is -0.496 e. The van der Waals surface area contributed by atoms with Crippen molar-refractivity contribution >= 4 is 11.6 Å². The van der Waals surface area contributed by atoms with Gasteiger partial charge in [-0.25, -0.2) is 4.98 Å². The van der Waals surface area contributed by atoms with E-state index < -0.39 is 0 Å². The van der Waals surface area contributed by atoms with E-state index >= 15 is 0 Å². The van der Waals surface area contributed by atoms with E-state index in [0.29, 0.717) is 5.02 Å². The van der Waals surface area contributed by atoms with E-state index in [1.165, 1.54) is 6.33 Å². The molecule has 102 valence electrons. The number of methoxy groups -OCH3 is 1. The van der Waals surface area contributed by atoms with Crippen LogP contribution in [0, 0.1) is 0 Å². The topological polar surface area (TPSA) is 62.8 Å². The minimum atomic E-state index is 0.0554. The first-order valence-corrected chi connectivity index (χ1v) is 6.53. The molecule has 2 rings (SSSR count). The van der Waals surface area contributed by atoms with Gasteiger partial charge in [-0.2, -0.15) is 5.10 Å². The van der Waals surface area contributed by atoms with Gasteiger partial charge in [-0.05, 0) is 36.7 Å². The van der Waals surface area contributed by atoms with Crippen LogP contribution >= 0.6 is 11.6 Å². The van der Waals surface area contributed by atoms with Crippen LogP contribution in [0.5, 0.6) is 5.75 Å². The third kappa shape index (κ3) is 3.45. The van der Waals surface area contributed by atoms with Gasteiger partial charge in [-0.15, -0.1) is 0 Å². The maximum atomic E-state index is 6.05. The third-order valence-electron chi connectivity index (χ3n) is 2.88. The lowest BCUT2D eigenvalue weighted by Crippen LogP contribution is -2.24. The molecule has 0 spiro atoms. The number of benzene rings is 1. The van der Waals surface area contributed by atoms with Gasteiger partial charge in [0, 0.05) is 5.02 Å². The Morgan fingerprint density at radius 2 is 2.32 bits per heavy atom. The summed E-state index contributed by atoms with van der Waals surface area (Å²) in [5, 5.41) is 10.9. The summed E-state index contributed by atoms with van der Waals surface area (Å²) in [6.45, 7) is 2.90. The van der Waals surface area contributed by atoms with Crippen LogP contribution in [-0.2, 0) is 6.42 Å². The van der Waals surface area contributed by atoms with Gasteiger partial charge in [0.15, 0.2) is 0 Å².